The second-order valence-corrected chi connectivity index (χ2v) is 4.83. The molecule has 1 atom stereocenters. The molecular formula is C12H16ClN3OS. The first-order valence-electron chi connectivity index (χ1n) is 5.56. The summed E-state index contributed by atoms with van der Waals surface area (Å²) >= 11 is 11.1. The number of hydrazine groups is 1. The molecule has 0 heterocycles. The molecule has 0 fully saturated rings. The number of hydrogen-bond donors (Lipinski definition) is 3. The summed E-state index contributed by atoms with van der Waals surface area (Å²) in [4.78, 5) is 10.6. The molecule has 0 aromatic heterocycles. The zero-order valence-electron chi connectivity index (χ0n) is 10.1. The Kier molecular flexibility index (Phi) is 6.46. The van der Waals surface area contributed by atoms with Gasteiger partial charge in [0, 0.05) is 13.5 Å². The summed E-state index contributed by atoms with van der Waals surface area (Å²) in [5.41, 5.74) is 6.13. The lowest BCUT2D eigenvalue weighted by Crippen LogP contribution is -2.47. The van der Waals surface area contributed by atoms with Crippen LogP contribution in [-0.2, 0) is 11.2 Å². The second-order valence-electron chi connectivity index (χ2n) is 3.80. The van der Waals surface area contributed by atoms with Gasteiger partial charge in [-0.1, -0.05) is 30.3 Å². The van der Waals surface area contributed by atoms with Gasteiger partial charge in [-0.3, -0.25) is 15.6 Å². The highest BCUT2D eigenvalue weighted by Crippen LogP contribution is 2.06. The predicted octanol–water partition coefficient (Wildman–Crippen LogP) is 1.35. The van der Waals surface area contributed by atoms with E-state index < -0.39 is 0 Å². The first-order valence-corrected chi connectivity index (χ1v) is 6.41. The molecule has 6 heteroatoms. The third kappa shape index (κ3) is 6.42. The number of hydrogen-bond acceptors (Lipinski definition) is 2. The van der Waals surface area contributed by atoms with E-state index in [2.05, 4.69) is 16.2 Å². The molecule has 1 aromatic carbocycles. The largest absolute Gasteiger partial charge is 0.360 e. The highest BCUT2D eigenvalue weighted by Gasteiger charge is 2.06. The minimum absolute atomic E-state index is 0.0653. The molecule has 0 aliphatic heterocycles. The number of nitrogens with one attached hydrogen (secondary N) is 3. The van der Waals surface area contributed by atoms with Crippen molar-refractivity contribution < 1.29 is 4.79 Å². The molecule has 0 bridgehead atoms. The number of rotatable bonds is 4. The van der Waals surface area contributed by atoms with Crippen molar-refractivity contribution >= 4 is 34.8 Å². The summed E-state index contributed by atoms with van der Waals surface area (Å²) in [7, 11) is 0. The molecule has 0 aliphatic rings. The van der Waals surface area contributed by atoms with Crippen LogP contribution in [0.2, 0.25) is 0 Å². The first kappa shape index (κ1) is 14.7. The Balaban J connectivity index is 2.22. The zero-order chi connectivity index (χ0) is 13.4. The van der Waals surface area contributed by atoms with Crippen molar-refractivity contribution in [2.75, 3.05) is 6.54 Å². The quantitative estimate of drug-likeness (QED) is 0.444. The number of alkyl halides is 1. The fourth-order valence-electron chi connectivity index (χ4n) is 1.33. The predicted molar refractivity (Wildman–Crippen MR) is 77.3 cm³/mol. The molecule has 4 nitrogen and oxygen atoms in total. The van der Waals surface area contributed by atoms with Gasteiger partial charge >= 0.3 is 0 Å². The molecule has 0 saturated carbocycles. The van der Waals surface area contributed by atoms with Gasteiger partial charge in [0.2, 0.25) is 5.91 Å². The van der Waals surface area contributed by atoms with Gasteiger partial charge in [-0.15, -0.1) is 11.6 Å². The van der Waals surface area contributed by atoms with Crippen LogP contribution in [0.5, 0.6) is 0 Å². The standard InChI is InChI=1S/C12H16ClN3OS/c1-9(17)15-16-12(18)14-8-11(13)7-10-5-3-2-4-6-10/h2-6,11H,7-8H2,1H3,(H,15,17)(H2,14,16,18)/t11-/m0/s1. The van der Waals surface area contributed by atoms with E-state index >= 15 is 0 Å². The van der Waals surface area contributed by atoms with Crippen LogP contribution in [0.1, 0.15) is 12.5 Å². The van der Waals surface area contributed by atoms with E-state index in [1.165, 1.54) is 12.5 Å². The molecule has 0 saturated heterocycles. The minimum atomic E-state index is -0.203. The smallest absolute Gasteiger partial charge is 0.235 e. The Morgan fingerprint density at radius 2 is 2.00 bits per heavy atom. The maximum Gasteiger partial charge on any atom is 0.235 e. The van der Waals surface area contributed by atoms with E-state index in [4.69, 9.17) is 23.8 Å². The Hall–Kier alpha value is -1.33. The molecule has 0 radical (unpaired) electrons. The van der Waals surface area contributed by atoms with Crippen LogP contribution in [0.15, 0.2) is 30.3 Å². The Morgan fingerprint density at radius 3 is 2.61 bits per heavy atom. The van der Waals surface area contributed by atoms with Crippen LogP contribution in [0.3, 0.4) is 0 Å². The van der Waals surface area contributed by atoms with Crippen molar-refractivity contribution in [1.82, 2.24) is 16.2 Å². The van der Waals surface area contributed by atoms with Gasteiger partial charge in [0.05, 0.1) is 5.38 Å². The second kappa shape index (κ2) is 7.89. The SMILES string of the molecule is CC(=O)NNC(=S)NC[C@@H](Cl)Cc1ccccc1. The fraction of sp³-hybridized carbons (Fsp3) is 0.333. The molecule has 0 unspecified atom stereocenters. The summed E-state index contributed by atoms with van der Waals surface area (Å²) in [6.07, 6.45) is 0.762. The van der Waals surface area contributed by atoms with Gasteiger partial charge < -0.3 is 5.32 Å². The van der Waals surface area contributed by atoms with E-state index in [1.807, 2.05) is 30.3 Å². The van der Waals surface area contributed by atoms with E-state index in [0.29, 0.717) is 11.7 Å². The van der Waals surface area contributed by atoms with Crippen LogP contribution in [0.25, 0.3) is 0 Å². The Bertz CT molecular complexity index is 400. The highest BCUT2D eigenvalue weighted by atomic mass is 35.5. The van der Waals surface area contributed by atoms with Gasteiger partial charge in [0.15, 0.2) is 5.11 Å². The molecule has 1 aromatic rings. The van der Waals surface area contributed by atoms with Crippen LogP contribution in [0.4, 0.5) is 0 Å². The van der Waals surface area contributed by atoms with E-state index in [-0.39, 0.29) is 11.3 Å². The number of amides is 1. The number of benzene rings is 1. The van der Waals surface area contributed by atoms with Crippen molar-refractivity contribution in [2.45, 2.75) is 18.7 Å². The van der Waals surface area contributed by atoms with Crippen molar-refractivity contribution in [2.24, 2.45) is 0 Å². The zero-order valence-corrected chi connectivity index (χ0v) is 11.6. The fourth-order valence-corrected chi connectivity index (χ4v) is 1.72. The van der Waals surface area contributed by atoms with Gasteiger partial charge in [0.25, 0.3) is 0 Å². The third-order valence-corrected chi connectivity index (χ3v) is 2.69. The molecule has 0 aliphatic carbocycles. The van der Waals surface area contributed by atoms with E-state index in [9.17, 15) is 4.79 Å². The summed E-state index contributed by atoms with van der Waals surface area (Å²) in [5, 5.41) is 3.22. The average Bonchev–Trinajstić information content (AvgIpc) is 2.35. The average molecular weight is 286 g/mol. The molecule has 3 N–H and O–H groups in total. The van der Waals surface area contributed by atoms with Crippen molar-refractivity contribution in [1.29, 1.82) is 0 Å². The highest BCUT2D eigenvalue weighted by molar-refractivity contribution is 7.80. The van der Waals surface area contributed by atoms with E-state index in [0.717, 1.165) is 6.42 Å². The minimum Gasteiger partial charge on any atom is -0.360 e. The number of carbonyl (C=O) groups excluding carboxylic acids is 1. The first-order chi connectivity index (χ1) is 8.58. The number of halogens is 1. The molecular weight excluding hydrogens is 270 g/mol. The van der Waals surface area contributed by atoms with Gasteiger partial charge in [-0.25, -0.2) is 0 Å². The number of thiocarbonyl (C=S) groups is 1. The van der Waals surface area contributed by atoms with Crippen molar-refractivity contribution in [3.05, 3.63) is 35.9 Å². The van der Waals surface area contributed by atoms with E-state index in [1.54, 1.807) is 0 Å². The lowest BCUT2D eigenvalue weighted by atomic mass is 10.1. The molecule has 18 heavy (non-hydrogen) atoms. The maximum absolute atomic E-state index is 10.6. The topological polar surface area (TPSA) is 53.2 Å². The summed E-state index contributed by atoms with van der Waals surface area (Å²) < 4.78 is 0. The molecule has 0 spiro atoms. The molecule has 1 amide bonds. The van der Waals surface area contributed by atoms with Crippen LogP contribution in [0, 0.1) is 0 Å². The lowest BCUT2D eigenvalue weighted by molar-refractivity contribution is -0.119. The summed E-state index contributed by atoms with van der Waals surface area (Å²) in [6, 6.07) is 9.99. The van der Waals surface area contributed by atoms with Crippen LogP contribution >= 0.6 is 23.8 Å². The normalized spacial score (nSPS) is 11.4. The van der Waals surface area contributed by atoms with Gasteiger partial charge in [-0.05, 0) is 24.2 Å². The lowest BCUT2D eigenvalue weighted by Gasteiger charge is -2.13. The number of carbonyl (C=O) groups is 1. The monoisotopic (exact) mass is 285 g/mol. The maximum atomic E-state index is 10.6. The Labute approximate surface area is 117 Å². The van der Waals surface area contributed by atoms with Gasteiger partial charge in [0.1, 0.15) is 0 Å². The third-order valence-electron chi connectivity index (χ3n) is 2.14. The van der Waals surface area contributed by atoms with Crippen molar-refractivity contribution in [3.8, 4) is 0 Å². The van der Waals surface area contributed by atoms with Crippen molar-refractivity contribution in [3.63, 3.8) is 0 Å². The molecule has 98 valence electrons. The van der Waals surface area contributed by atoms with Crippen LogP contribution in [-0.4, -0.2) is 22.9 Å². The summed E-state index contributed by atoms with van der Waals surface area (Å²) in [6.45, 7) is 1.93. The molecule has 1 rings (SSSR count). The summed E-state index contributed by atoms with van der Waals surface area (Å²) in [5.74, 6) is -0.203. The van der Waals surface area contributed by atoms with Crippen LogP contribution < -0.4 is 16.2 Å². The van der Waals surface area contributed by atoms with Gasteiger partial charge in [-0.2, -0.15) is 0 Å². The Morgan fingerprint density at radius 1 is 1.33 bits per heavy atom.